The molecule has 0 aliphatic carbocycles. The lowest BCUT2D eigenvalue weighted by molar-refractivity contribution is 0.418. The standard InChI is InChI=1S/C8H7BBrClO/c1-12-8-3-7(11)5(4-10)2-6(8)9/h2-3H,4H2,1H3. The van der Waals surface area contributed by atoms with Gasteiger partial charge in [-0.1, -0.05) is 39.1 Å². The summed E-state index contributed by atoms with van der Waals surface area (Å²) in [7, 11) is 7.24. The van der Waals surface area contributed by atoms with E-state index >= 15 is 0 Å². The molecule has 0 atom stereocenters. The van der Waals surface area contributed by atoms with E-state index in [-0.39, 0.29) is 0 Å². The van der Waals surface area contributed by atoms with Crippen molar-refractivity contribution in [3.05, 3.63) is 22.7 Å². The molecule has 0 aliphatic heterocycles. The molecule has 0 spiro atoms. The predicted molar refractivity (Wildman–Crippen MR) is 56.0 cm³/mol. The minimum atomic E-state index is 0.608. The highest BCUT2D eigenvalue weighted by atomic mass is 79.9. The Hall–Kier alpha value is -0.145. The smallest absolute Gasteiger partial charge is 0.119 e. The van der Waals surface area contributed by atoms with Gasteiger partial charge in [0, 0.05) is 10.4 Å². The van der Waals surface area contributed by atoms with Gasteiger partial charge in [0.2, 0.25) is 0 Å². The zero-order valence-corrected chi connectivity index (χ0v) is 8.95. The van der Waals surface area contributed by atoms with Gasteiger partial charge in [0.15, 0.2) is 0 Å². The van der Waals surface area contributed by atoms with E-state index in [1.807, 2.05) is 0 Å². The highest BCUT2D eigenvalue weighted by Gasteiger charge is 2.03. The Bertz CT molecular complexity index is 261. The number of methoxy groups -OCH3 is 1. The highest BCUT2D eigenvalue weighted by molar-refractivity contribution is 9.08. The molecule has 1 aromatic carbocycles. The number of halogens is 2. The molecule has 0 fully saturated rings. The maximum Gasteiger partial charge on any atom is 0.119 e. The fourth-order valence-corrected chi connectivity index (χ4v) is 1.74. The first-order valence-corrected chi connectivity index (χ1v) is 4.86. The third-order valence-corrected chi connectivity index (χ3v) is 2.50. The van der Waals surface area contributed by atoms with Crippen LogP contribution in [-0.4, -0.2) is 15.0 Å². The van der Waals surface area contributed by atoms with Crippen LogP contribution in [0.15, 0.2) is 12.1 Å². The van der Waals surface area contributed by atoms with Crippen LogP contribution < -0.4 is 10.2 Å². The fourth-order valence-electron chi connectivity index (χ4n) is 0.898. The molecular formula is C8H7BBrClO. The number of alkyl halides is 1. The summed E-state index contributed by atoms with van der Waals surface area (Å²) in [4.78, 5) is 0. The van der Waals surface area contributed by atoms with Gasteiger partial charge in [-0.2, -0.15) is 0 Å². The summed E-state index contributed by atoms with van der Waals surface area (Å²) >= 11 is 9.22. The van der Waals surface area contributed by atoms with Gasteiger partial charge in [-0.15, -0.1) is 0 Å². The predicted octanol–water partition coefficient (Wildman–Crippen LogP) is 2.04. The number of hydrogen-bond acceptors (Lipinski definition) is 1. The van der Waals surface area contributed by atoms with Gasteiger partial charge in [-0.3, -0.25) is 0 Å². The van der Waals surface area contributed by atoms with Crippen LogP contribution >= 0.6 is 27.5 Å². The van der Waals surface area contributed by atoms with Crippen molar-refractivity contribution in [1.29, 1.82) is 0 Å². The SMILES string of the molecule is [B]c1cc(CBr)c(Cl)cc1OC. The van der Waals surface area contributed by atoms with Gasteiger partial charge >= 0.3 is 0 Å². The Kier molecular flexibility index (Phi) is 3.47. The van der Waals surface area contributed by atoms with Crippen LogP contribution in [0.4, 0.5) is 0 Å². The van der Waals surface area contributed by atoms with Crippen LogP contribution in [0.1, 0.15) is 5.56 Å². The van der Waals surface area contributed by atoms with Crippen LogP contribution in [-0.2, 0) is 5.33 Å². The molecule has 0 amide bonds. The first-order chi connectivity index (χ1) is 5.69. The molecule has 0 bridgehead atoms. The minimum absolute atomic E-state index is 0.608. The summed E-state index contributed by atoms with van der Waals surface area (Å²) in [5.41, 5.74) is 1.58. The second-order valence-corrected chi connectivity index (χ2v) is 3.29. The van der Waals surface area contributed by atoms with Crippen molar-refractivity contribution in [3.8, 4) is 5.75 Å². The van der Waals surface area contributed by atoms with Gasteiger partial charge in [0.05, 0.1) is 7.11 Å². The Morgan fingerprint density at radius 1 is 1.58 bits per heavy atom. The van der Waals surface area contributed by atoms with E-state index < -0.39 is 0 Å². The van der Waals surface area contributed by atoms with E-state index in [2.05, 4.69) is 15.9 Å². The summed E-state index contributed by atoms with van der Waals surface area (Å²) in [5.74, 6) is 0.615. The average molecular weight is 245 g/mol. The molecule has 0 unspecified atom stereocenters. The Morgan fingerprint density at radius 2 is 2.25 bits per heavy atom. The van der Waals surface area contributed by atoms with Crippen molar-refractivity contribution in [2.24, 2.45) is 0 Å². The zero-order valence-electron chi connectivity index (χ0n) is 6.60. The molecule has 0 aromatic heterocycles. The average Bonchev–Trinajstić information content (AvgIpc) is 2.08. The van der Waals surface area contributed by atoms with E-state index in [0.29, 0.717) is 21.6 Å². The lowest BCUT2D eigenvalue weighted by Crippen LogP contribution is -2.08. The summed E-state index contributed by atoms with van der Waals surface area (Å²) in [5, 5.41) is 1.36. The number of benzene rings is 1. The van der Waals surface area contributed by atoms with Crippen molar-refractivity contribution in [2.75, 3.05) is 7.11 Å². The van der Waals surface area contributed by atoms with Crippen LogP contribution in [0.25, 0.3) is 0 Å². The lowest BCUT2D eigenvalue weighted by Gasteiger charge is -2.08. The van der Waals surface area contributed by atoms with Crippen molar-refractivity contribution >= 4 is 40.8 Å². The van der Waals surface area contributed by atoms with Crippen LogP contribution in [0.2, 0.25) is 5.02 Å². The molecule has 1 nitrogen and oxygen atoms in total. The van der Waals surface area contributed by atoms with Crippen molar-refractivity contribution in [2.45, 2.75) is 5.33 Å². The summed E-state index contributed by atoms with van der Waals surface area (Å²) in [6.07, 6.45) is 0. The van der Waals surface area contributed by atoms with E-state index in [1.165, 1.54) is 0 Å². The van der Waals surface area contributed by atoms with Gasteiger partial charge in [0.1, 0.15) is 13.6 Å². The second kappa shape index (κ2) is 4.19. The molecule has 0 saturated heterocycles. The van der Waals surface area contributed by atoms with Gasteiger partial charge in [0.25, 0.3) is 0 Å². The van der Waals surface area contributed by atoms with Gasteiger partial charge in [-0.25, -0.2) is 0 Å². The molecule has 62 valence electrons. The first kappa shape index (κ1) is 9.94. The molecule has 0 N–H and O–H groups in total. The van der Waals surface area contributed by atoms with E-state index in [1.54, 1.807) is 19.2 Å². The molecule has 4 heteroatoms. The maximum atomic E-state index is 5.91. The molecule has 0 saturated carbocycles. The molecule has 0 heterocycles. The third kappa shape index (κ3) is 1.96. The van der Waals surface area contributed by atoms with E-state index in [9.17, 15) is 0 Å². The van der Waals surface area contributed by atoms with Crippen molar-refractivity contribution in [3.63, 3.8) is 0 Å². The van der Waals surface area contributed by atoms with E-state index in [4.69, 9.17) is 24.2 Å². The topological polar surface area (TPSA) is 9.23 Å². The minimum Gasteiger partial charge on any atom is -0.497 e. The lowest BCUT2D eigenvalue weighted by atomic mass is 9.93. The van der Waals surface area contributed by atoms with Crippen molar-refractivity contribution in [1.82, 2.24) is 0 Å². The Labute approximate surface area is 86.6 Å². The number of rotatable bonds is 2. The summed E-state index contributed by atoms with van der Waals surface area (Å²) in [6.45, 7) is 0. The van der Waals surface area contributed by atoms with Crippen LogP contribution in [0.5, 0.6) is 5.75 Å². The molecule has 0 aliphatic rings. The van der Waals surface area contributed by atoms with Crippen molar-refractivity contribution < 1.29 is 4.74 Å². The zero-order chi connectivity index (χ0) is 9.14. The summed E-state index contributed by atoms with van der Waals surface area (Å²) in [6, 6.07) is 3.52. The third-order valence-electron chi connectivity index (χ3n) is 1.54. The van der Waals surface area contributed by atoms with Crippen LogP contribution in [0, 0.1) is 0 Å². The number of hydrogen-bond donors (Lipinski definition) is 0. The Balaban J connectivity index is 3.16. The van der Waals surface area contributed by atoms with Crippen LogP contribution in [0.3, 0.4) is 0 Å². The monoisotopic (exact) mass is 244 g/mol. The fraction of sp³-hybridized carbons (Fsp3) is 0.250. The van der Waals surface area contributed by atoms with Gasteiger partial charge in [-0.05, 0) is 11.6 Å². The summed E-state index contributed by atoms with van der Waals surface area (Å²) < 4.78 is 5.00. The van der Waals surface area contributed by atoms with E-state index in [0.717, 1.165) is 5.56 Å². The molecule has 1 rings (SSSR count). The highest BCUT2D eigenvalue weighted by Crippen LogP contribution is 2.21. The molecule has 1 aromatic rings. The largest absolute Gasteiger partial charge is 0.497 e. The van der Waals surface area contributed by atoms with Gasteiger partial charge < -0.3 is 4.74 Å². The molecular weight excluding hydrogens is 238 g/mol. The maximum absolute atomic E-state index is 5.91. The first-order valence-electron chi connectivity index (χ1n) is 3.37. The second-order valence-electron chi connectivity index (χ2n) is 2.32. The normalized spacial score (nSPS) is 9.92. The number of ether oxygens (including phenoxy) is 1. The Morgan fingerprint density at radius 3 is 2.75 bits per heavy atom. The quantitative estimate of drug-likeness (QED) is 0.572. The molecule has 12 heavy (non-hydrogen) atoms. The molecule has 2 radical (unpaired) electrons.